The van der Waals surface area contributed by atoms with Crippen LogP contribution in [0.25, 0.3) is 0 Å². The number of nitrogens with zero attached hydrogens (tertiary/aromatic N) is 2. The van der Waals surface area contributed by atoms with Gasteiger partial charge in [-0.1, -0.05) is 19.3 Å². The molecule has 6 heteroatoms. The zero-order valence-corrected chi connectivity index (χ0v) is 11.8. The Balaban J connectivity index is 2.02. The van der Waals surface area contributed by atoms with Crippen molar-refractivity contribution in [3.05, 3.63) is 12.3 Å². The Labute approximate surface area is 118 Å². The molecule has 1 aliphatic carbocycles. The van der Waals surface area contributed by atoms with Gasteiger partial charge >= 0.3 is 5.97 Å². The summed E-state index contributed by atoms with van der Waals surface area (Å²) in [6, 6.07) is 1.68. The van der Waals surface area contributed by atoms with E-state index in [0.29, 0.717) is 18.4 Å². The van der Waals surface area contributed by atoms with Crippen LogP contribution in [-0.4, -0.2) is 34.7 Å². The Morgan fingerprint density at radius 3 is 2.85 bits per heavy atom. The summed E-state index contributed by atoms with van der Waals surface area (Å²) in [6.07, 6.45) is 7.08. The molecule has 1 aromatic heterocycles. The molecule has 6 nitrogen and oxygen atoms in total. The van der Waals surface area contributed by atoms with Crippen LogP contribution >= 0.6 is 0 Å². The first-order valence-corrected chi connectivity index (χ1v) is 6.96. The fraction of sp³-hybridized carbons (Fsp3) is 0.643. The van der Waals surface area contributed by atoms with Crippen molar-refractivity contribution in [3.8, 4) is 5.88 Å². The molecule has 0 amide bonds. The van der Waals surface area contributed by atoms with E-state index in [4.69, 9.17) is 9.84 Å². The zero-order valence-electron chi connectivity index (χ0n) is 11.8. The number of hydrogen-bond acceptors (Lipinski definition) is 5. The molecule has 0 atom stereocenters. The maximum Gasteiger partial charge on any atom is 0.303 e. The topological polar surface area (TPSA) is 84.3 Å². The van der Waals surface area contributed by atoms with Crippen molar-refractivity contribution in [1.82, 2.24) is 9.97 Å². The molecule has 110 valence electrons. The van der Waals surface area contributed by atoms with Crippen LogP contribution in [0.5, 0.6) is 5.88 Å². The van der Waals surface area contributed by atoms with Crippen LogP contribution in [0.4, 0.5) is 5.95 Å². The van der Waals surface area contributed by atoms with Crippen molar-refractivity contribution in [1.29, 1.82) is 0 Å². The summed E-state index contributed by atoms with van der Waals surface area (Å²) in [5, 5.41) is 12.3. The van der Waals surface area contributed by atoms with E-state index in [0.717, 1.165) is 25.7 Å². The minimum absolute atomic E-state index is 0.184. The van der Waals surface area contributed by atoms with Crippen LogP contribution in [0, 0.1) is 5.41 Å². The first kappa shape index (κ1) is 14.6. The minimum Gasteiger partial charge on any atom is -0.481 e. The fourth-order valence-corrected chi connectivity index (χ4v) is 2.85. The lowest BCUT2D eigenvalue weighted by Crippen LogP contribution is -2.34. The molecule has 0 aromatic carbocycles. The summed E-state index contributed by atoms with van der Waals surface area (Å²) in [5.41, 5.74) is -0.184. The highest BCUT2D eigenvalue weighted by Crippen LogP contribution is 2.39. The Hall–Kier alpha value is -1.85. The second kappa shape index (κ2) is 6.54. The van der Waals surface area contributed by atoms with Gasteiger partial charge < -0.3 is 15.2 Å². The van der Waals surface area contributed by atoms with Gasteiger partial charge in [-0.3, -0.25) is 4.79 Å². The van der Waals surface area contributed by atoms with Crippen LogP contribution in [-0.2, 0) is 4.79 Å². The zero-order chi connectivity index (χ0) is 14.4. The summed E-state index contributed by atoms with van der Waals surface area (Å²) in [6.45, 7) is 0.590. The standard InChI is InChI=1S/C14H21N3O3/c1-20-11-5-8-15-13(17-11)16-10-14(9-12(18)19)6-3-2-4-7-14/h5,8H,2-4,6-7,9-10H2,1H3,(H,18,19)(H,15,16,17). The van der Waals surface area contributed by atoms with Crippen LogP contribution in [0.2, 0.25) is 0 Å². The molecule has 0 bridgehead atoms. The smallest absolute Gasteiger partial charge is 0.303 e. The van der Waals surface area contributed by atoms with E-state index in [1.807, 2.05) is 0 Å². The van der Waals surface area contributed by atoms with Crippen LogP contribution in [0.15, 0.2) is 12.3 Å². The van der Waals surface area contributed by atoms with Crippen molar-refractivity contribution < 1.29 is 14.6 Å². The van der Waals surface area contributed by atoms with Crippen molar-refractivity contribution >= 4 is 11.9 Å². The molecule has 1 aliphatic rings. The normalized spacial score (nSPS) is 17.4. The van der Waals surface area contributed by atoms with E-state index in [1.165, 1.54) is 6.42 Å². The number of anilines is 1. The van der Waals surface area contributed by atoms with Gasteiger partial charge in [-0.15, -0.1) is 0 Å². The second-order valence-electron chi connectivity index (χ2n) is 5.41. The van der Waals surface area contributed by atoms with E-state index >= 15 is 0 Å². The maximum atomic E-state index is 11.1. The van der Waals surface area contributed by atoms with Crippen molar-refractivity contribution in [3.63, 3.8) is 0 Å². The third-order valence-corrected chi connectivity index (χ3v) is 3.90. The number of rotatable bonds is 6. The lowest BCUT2D eigenvalue weighted by atomic mass is 9.72. The number of methoxy groups -OCH3 is 1. The van der Waals surface area contributed by atoms with E-state index < -0.39 is 5.97 Å². The van der Waals surface area contributed by atoms with Crippen molar-refractivity contribution in [2.24, 2.45) is 5.41 Å². The van der Waals surface area contributed by atoms with Gasteiger partial charge in [-0.25, -0.2) is 4.98 Å². The number of aliphatic carboxylic acids is 1. The Kier molecular flexibility index (Phi) is 4.76. The lowest BCUT2D eigenvalue weighted by molar-refractivity contribution is -0.140. The first-order valence-electron chi connectivity index (χ1n) is 6.96. The molecule has 1 fully saturated rings. The first-order chi connectivity index (χ1) is 9.63. The summed E-state index contributed by atoms with van der Waals surface area (Å²) >= 11 is 0. The summed E-state index contributed by atoms with van der Waals surface area (Å²) in [7, 11) is 1.55. The van der Waals surface area contributed by atoms with Gasteiger partial charge in [0.1, 0.15) is 0 Å². The fourth-order valence-electron chi connectivity index (χ4n) is 2.85. The number of hydrogen-bond donors (Lipinski definition) is 2. The Bertz CT molecular complexity index is 459. The average molecular weight is 279 g/mol. The SMILES string of the molecule is COc1ccnc(NCC2(CC(=O)O)CCCCC2)n1. The number of carboxylic acid groups (broad SMARTS) is 1. The average Bonchev–Trinajstić information content (AvgIpc) is 2.46. The molecule has 20 heavy (non-hydrogen) atoms. The summed E-state index contributed by atoms with van der Waals surface area (Å²) in [5.74, 6) is 0.248. The van der Waals surface area contributed by atoms with Gasteiger partial charge in [0, 0.05) is 18.8 Å². The molecule has 0 radical (unpaired) electrons. The highest BCUT2D eigenvalue weighted by Gasteiger charge is 2.34. The minimum atomic E-state index is -0.736. The van der Waals surface area contributed by atoms with Gasteiger partial charge in [-0.05, 0) is 18.3 Å². The van der Waals surface area contributed by atoms with Gasteiger partial charge in [-0.2, -0.15) is 4.98 Å². The Morgan fingerprint density at radius 1 is 1.45 bits per heavy atom. The van der Waals surface area contributed by atoms with E-state index in [1.54, 1.807) is 19.4 Å². The third kappa shape index (κ3) is 3.82. The molecule has 0 unspecified atom stereocenters. The van der Waals surface area contributed by atoms with Crippen molar-refractivity contribution in [2.75, 3.05) is 19.0 Å². The highest BCUT2D eigenvalue weighted by molar-refractivity contribution is 5.67. The molecule has 0 spiro atoms. The van der Waals surface area contributed by atoms with E-state index in [2.05, 4.69) is 15.3 Å². The van der Waals surface area contributed by atoms with Crippen molar-refractivity contribution in [2.45, 2.75) is 38.5 Å². The number of carboxylic acids is 1. The van der Waals surface area contributed by atoms with Crippen LogP contribution < -0.4 is 10.1 Å². The largest absolute Gasteiger partial charge is 0.481 e. The third-order valence-electron chi connectivity index (χ3n) is 3.90. The molecular weight excluding hydrogens is 258 g/mol. The summed E-state index contributed by atoms with van der Waals surface area (Å²) in [4.78, 5) is 19.4. The van der Waals surface area contributed by atoms with Crippen LogP contribution in [0.3, 0.4) is 0 Å². The highest BCUT2D eigenvalue weighted by atomic mass is 16.5. The molecule has 1 saturated carbocycles. The number of aromatic nitrogens is 2. The second-order valence-corrected chi connectivity index (χ2v) is 5.41. The molecule has 0 saturated heterocycles. The van der Waals surface area contributed by atoms with Crippen LogP contribution in [0.1, 0.15) is 38.5 Å². The predicted molar refractivity (Wildman–Crippen MR) is 74.8 cm³/mol. The van der Waals surface area contributed by atoms with E-state index in [9.17, 15) is 4.79 Å². The molecule has 1 heterocycles. The van der Waals surface area contributed by atoms with Gasteiger partial charge in [0.05, 0.1) is 13.5 Å². The molecule has 2 N–H and O–H groups in total. The van der Waals surface area contributed by atoms with Gasteiger partial charge in [0.25, 0.3) is 0 Å². The van der Waals surface area contributed by atoms with E-state index in [-0.39, 0.29) is 11.8 Å². The number of nitrogens with one attached hydrogen (secondary N) is 1. The molecule has 0 aliphatic heterocycles. The molecule has 2 rings (SSSR count). The predicted octanol–water partition coefficient (Wildman–Crippen LogP) is 2.32. The van der Waals surface area contributed by atoms with Gasteiger partial charge in [0.2, 0.25) is 11.8 Å². The molecular formula is C14H21N3O3. The monoisotopic (exact) mass is 279 g/mol. The maximum absolute atomic E-state index is 11.1. The molecule has 1 aromatic rings. The summed E-state index contributed by atoms with van der Waals surface area (Å²) < 4.78 is 5.05. The van der Waals surface area contributed by atoms with Gasteiger partial charge in [0.15, 0.2) is 0 Å². The number of ether oxygens (including phenoxy) is 1. The lowest BCUT2D eigenvalue weighted by Gasteiger charge is -2.36. The quantitative estimate of drug-likeness (QED) is 0.831. The Morgan fingerprint density at radius 2 is 2.20 bits per heavy atom. The number of carbonyl (C=O) groups is 1.